The van der Waals surface area contributed by atoms with Crippen molar-refractivity contribution < 1.29 is 14.0 Å². The fourth-order valence-electron chi connectivity index (χ4n) is 2.69. The van der Waals surface area contributed by atoms with E-state index in [4.69, 9.17) is 4.42 Å². The van der Waals surface area contributed by atoms with Crippen LogP contribution in [0.5, 0.6) is 0 Å². The Morgan fingerprint density at radius 2 is 2.11 bits per heavy atom. The van der Waals surface area contributed by atoms with Crippen LogP contribution in [-0.2, 0) is 4.79 Å². The highest BCUT2D eigenvalue weighted by molar-refractivity contribution is 5.93. The summed E-state index contributed by atoms with van der Waals surface area (Å²) >= 11 is 0. The lowest BCUT2D eigenvalue weighted by Crippen LogP contribution is -2.27. The topological polar surface area (TPSA) is 115 Å². The molecule has 2 amide bonds. The Kier molecular flexibility index (Phi) is 4.65. The normalized spacial score (nSPS) is 13.3. The zero-order valence-electron chi connectivity index (χ0n) is 14.5. The van der Waals surface area contributed by atoms with Crippen LogP contribution in [0.3, 0.4) is 0 Å². The highest BCUT2D eigenvalue weighted by atomic mass is 16.3. The number of nitrogens with zero attached hydrogens (tertiary/aromatic N) is 4. The minimum Gasteiger partial charge on any atom is -0.459 e. The summed E-state index contributed by atoms with van der Waals surface area (Å²) in [7, 11) is 0. The minimum atomic E-state index is -0.346. The summed E-state index contributed by atoms with van der Waals surface area (Å²) in [6, 6.07) is 11.0. The van der Waals surface area contributed by atoms with Crippen molar-refractivity contribution in [3.63, 3.8) is 0 Å². The second-order valence-corrected chi connectivity index (χ2v) is 6.29. The number of nitrogens with one attached hydrogen (secondary N) is 2. The molecule has 2 aromatic heterocycles. The van der Waals surface area contributed by atoms with Gasteiger partial charge in [-0.1, -0.05) is 12.1 Å². The van der Waals surface area contributed by atoms with E-state index < -0.39 is 0 Å². The van der Waals surface area contributed by atoms with Gasteiger partial charge < -0.3 is 15.1 Å². The molecule has 0 unspecified atom stereocenters. The molecule has 3 aromatic rings. The number of hydrogen-bond acceptors (Lipinski definition) is 6. The van der Waals surface area contributed by atoms with Crippen LogP contribution in [0.2, 0.25) is 0 Å². The van der Waals surface area contributed by atoms with Gasteiger partial charge in [0.05, 0.1) is 12.3 Å². The number of aromatic nitrogens is 4. The van der Waals surface area contributed by atoms with E-state index in [-0.39, 0.29) is 30.5 Å². The number of amides is 2. The highest BCUT2D eigenvalue weighted by Gasteiger charge is 2.28. The lowest BCUT2D eigenvalue weighted by Gasteiger charge is -2.08. The van der Waals surface area contributed by atoms with Crippen molar-refractivity contribution in [1.82, 2.24) is 25.5 Å². The van der Waals surface area contributed by atoms with Crippen LogP contribution in [0.25, 0.3) is 11.4 Å². The SMILES string of the molecule is O=C(CCNC(=O)c1ccco1)Nc1cccc(-c2nnnn2C2CC2)c1. The second kappa shape index (κ2) is 7.40. The number of anilines is 1. The van der Waals surface area contributed by atoms with Crippen molar-refractivity contribution in [1.29, 1.82) is 0 Å². The van der Waals surface area contributed by atoms with Gasteiger partial charge in [0, 0.05) is 24.2 Å². The largest absolute Gasteiger partial charge is 0.459 e. The summed E-state index contributed by atoms with van der Waals surface area (Å²) in [6.07, 6.45) is 3.74. The molecular formula is C18H18N6O3. The third-order valence-electron chi connectivity index (χ3n) is 4.17. The third kappa shape index (κ3) is 4.02. The summed E-state index contributed by atoms with van der Waals surface area (Å²) in [5.74, 6) is 0.367. The number of tetrazole rings is 1. The van der Waals surface area contributed by atoms with Gasteiger partial charge in [-0.3, -0.25) is 9.59 Å². The van der Waals surface area contributed by atoms with Crippen LogP contribution in [0.15, 0.2) is 47.1 Å². The molecule has 0 bridgehead atoms. The second-order valence-electron chi connectivity index (χ2n) is 6.29. The predicted molar refractivity (Wildman–Crippen MR) is 95.8 cm³/mol. The third-order valence-corrected chi connectivity index (χ3v) is 4.17. The highest BCUT2D eigenvalue weighted by Crippen LogP contribution is 2.36. The van der Waals surface area contributed by atoms with E-state index in [0.717, 1.165) is 18.4 Å². The van der Waals surface area contributed by atoms with Crippen LogP contribution < -0.4 is 10.6 Å². The van der Waals surface area contributed by atoms with E-state index in [9.17, 15) is 9.59 Å². The van der Waals surface area contributed by atoms with Gasteiger partial charge in [-0.15, -0.1) is 5.10 Å². The molecule has 138 valence electrons. The number of carbonyl (C=O) groups excluding carboxylic acids is 2. The maximum atomic E-state index is 12.1. The molecule has 1 aromatic carbocycles. The average Bonchev–Trinajstić information content (AvgIpc) is 3.17. The maximum absolute atomic E-state index is 12.1. The summed E-state index contributed by atoms with van der Waals surface area (Å²) in [5, 5.41) is 17.4. The maximum Gasteiger partial charge on any atom is 0.286 e. The molecule has 0 spiro atoms. The fraction of sp³-hybridized carbons (Fsp3) is 0.278. The van der Waals surface area contributed by atoms with Crippen LogP contribution in [0.1, 0.15) is 35.9 Å². The Morgan fingerprint density at radius 3 is 2.89 bits per heavy atom. The molecule has 0 atom stereocenters. The average molecular weight is 366 g/mol. The molecule has 0 radical (unpaired) electrons. The molecule has 0 saturated heterocycles. The standard InChI is InChI=1S/C18H18N6O3/c25-16(8-9-19-18(26)15-5-2-10-27-15)20-13-4-1-3-12(11-13)17-21-22-23-24(17)14-6-7-14/h1-5,10-11,14H,6-9H2,(H,19,26)(H,20,25). The molecule has 1 fully saturated rings. The summed E-state index contributed by atoms with van der Waals surface area (Å²) in [4.78, 5) is 23.9. The smallest absolute Gasteiger partial charge is 0.286 e. The van der Waals surface area contributed by atoms with Crippen LogP contribution in [0, 0.1) is 0 Å². The first-order valence-electron chi connectivity index (χ1n) is 8.70. The quantitative estimate of drug-likeness (QED) is 0.661. The Labute approximate surface area is 154 Å². The molecule has 2 heterocycles. The van der Waals surface area contributed by atoms with Crippen molar-refractivity contribution in [2.45, 2.75) is 25.3 Å². The van der Waals surface area contributed by atoms with Crippen LogP contribution >= 0.6 is 0 Å². The van der Waals surface area contributed by atoms with Crippen molar-refractivity contribution in [2.75, 3.05) is 11.9 Å². The van der Waals surface area contributed by atoms with Gasteiger partial charge >= 0.3 is 0 Å². The zero-order chi connectivity index (χ0) is 18.6. The molecule has 1 aliphatic carbocycles. The van der Waals surface area contributed by atoms with E-state index in [2.05, 4.69) is 26.2 Å². The summed E-state index contributed by atoms with van der Waals surface area (Å²) in [6.45, 7) is 0.213. The van der Waals surface area contributed by atoms with Gasteiger partial charge in [0.25, 0.3) is 5.91 Å². The molecule has 1 saturated carbocycles. The Morgan fingerprint density at radius 1 is 1.22 bits per heavy atom. The van der Waals surface area contributed by atoms with Crippen molar-refractivity contribution in [3.05, 3.63) is 48.4 Å². The number of hydrogen-bond donors (Lipinski definition) is 2. The van der Waals surface area contributed by atoms with Gasteiger partial charge in [-0.25, -0.2) is 4.68 Å². The van der Waals surface area contributed by atoms with Gasteiger partial charge in [0.15, 0.2) is 11.6 Å². The first-order chi connectivity index (χ1) is 13.2. The number of carbonyl (C=O) groups is 2. The monoisotopic (exact) mass is 366 g/mol. The van der Waals surface area contributed by atoms with E-state index >= 15 is 0 Å². The van der Waals surface area contributed by atoms with Gasteiger partial charge in [-0.2, -0.15) is 0 Å². The fourth-order valence-corrected chi connectivity index (χ4v) is 2.69. The van der Waals surface area contributed by atoms with E-state index in [0.29, 0.717) is 17.6 Å². The van der Waals surface area contributed by atoms with E-state index in [1.54, 1.807) is 18.2 Å². The first kappa shape index (κ1) is 17.0. The van der Waals surface area contributed by atoms with E-state index in [1.165, 1.54) is 6.26 Å². The van der Waals surface area contributed by atoms with Gasteiger partial charge in [0.2, 0.25) is 5.91 Å². The minimum absolute atomic E-state index is 0.149. The molecule has 4 rings (SSSR count). The number of benzene rings is 1. The summed E-state index contributed by atoms with van der Waals surface area (Å²) < 4.78 is 6.82. The van der Waals surface area contributed by atoms with Crippen LogP contribution in [-0.4, -0.2) is 38.6 Å². The zero-order valence-corrected chi connectivity index (χ0v) is 14.5. The Balaban J connectivity index is 1.33. The molecular weight excluding hydrogens is 348 g/mol. The van der Waals surface area contributed by atoms with E-state index in [1.807, 2.05) is 22.9 Å². The lowest BCUT2D eigenvalue weighted by molar-refractivity contribution is -0.116. The molecule has 9 heteroatoms. The number of furan rings is 1. The van der Waals surface area contributed by atoms with Crippen molar-refractivity contribution in [2.24, 2.45) is 0 Å². The predicted octanol–water partition coefficient (Wildman–Crippen LogP) is 2.03. The Hall–Kier alpha value is -3.49. The molecule has 1 aliphatic rings. The number of rotatable bonds is 7. The van der Waals surface area contributed by atoms with Crippen molar-refractivity contribution >= 4 is 17.5 Å². The summed E-state index contributed by atoms with van der Waals surface area (Å²) in [5.41, 5.74) is 1.50. The first-order valence-corrected chi connectivity index (χ1v) is 8.70. The van der Waals surface area contributed by atoms with Crippen LogP contribution in [0.4, 0.5) is 5.69 Å². The Bertz CT molecular complexity index is 946. The molecule has 0 aliphatic heterocycles. The lowest BCUT2D eigenvalue weighted by atomic mass is 10.2. The molecule has 27 heavy (non-hydrogen) atoms. The molecule has 2 N–H and O–H groups in total. The van der Waals surface area contributed by atoms with Crippen molar-refractivity contribution in [3.8, 4) is 11.4 Å². The van der Waals surface area contributed by atoms with Gasteiger partial charge in [-0.05, 0) is 47.5 Å². The molecule has 9 nitrogen and oxygen atoms in total. The van der Waals surface area contributed by atoms with Gasteiger partial charge in [0.1, 0.15) is 0 Å².